The molecule has 0 aliphatic rings. The zero-order valence-corrected chi connectivity index (χ0v) is 9.24. The number of hydrogen-bond acceptors (Lipinski definition) is 4. The summed E-state index contributed by atoms with van der Waals surface area (Å²) in [5.41, 5.74) is -0.193. The van der Waals surface area contributed by atoms with Crippen LogP contribution in [0, 0.1) is 0 Å². The Labute approximate surface area is 88.4 Å². The molecule has 1 aromatic heterocycles. The number of aromatic amines is 1. The third-order valence-corrected chi connectivity index (χ3v) is 1.82. The van der Waals surface area contributed by atoms with E-state index in [0.717, 1.165) is 0 Å². The van der Waals surface area contributed by atoms with E-state index in [4.69, 9.17) is 9.47 Å². The lowest BCUT2D eigenvalue weighted by Gasteiger charge is -2.07. The smallest absolute Gasteiger partial charge is 0.254 e. The standard InChI is InChI=1S/C10H16N2O3/c1-7(2)10-11-8(13)6-9(12-10)15-5-4-14-3/h6-7H,4-5H2,1-3H3,(H,11,12,13). The van der Waals surface area contributed by atoms with Gasteiger partial charge in [-0.3, -0.25) is 4.79 Å². The second kappa shape index (κ2) is 5.50. The van der Waals surface area contributed by atoms with Gasteiger partial charge < -0.3 is 14.5 Å². The van der Waals surface area contributed by atoms with Crippen LogP contribution < -0.4 is 10.3 Å². The molecule has 0 atom stereocenters. The zero-order chi connectivity index (χ0) is 11.3. The maximum atomic E-state index is 11.2. The number of methoxy groups -OCH3 is 1. The predicted molar refractivity (Wildman–Crippen MR) is 56.3 cm³/mol. The summed E-state index contributed by atoms with van der Waals surface area (Å²) in [5, 5.41) is 0. The summed E-state index contributed by atoms with van der Waals surface area (Å²) in [6.07, 6.45) is 0. The number of nitrogens with one attached hydrogen (secondary N) is 1. The Balaban J connectivity index is 2.75. The number of ether oxygens (including phenoxy) is 2. The monoisotopic (exact) mass is 212 g/mol. The molecule has 0 fully saturated rings. The van der Waals surface area contributed by atoms with E-state index in [2.05, 4.69) is 9.97 Å². The minimum Gasteiger partial charge on any atom is -0.475 e. The molecule has 0 spiro atoms. The highest BCUT2D eigenvalue weighted by Gasteiger charge is 2.05. The Morgan fingerprint density at radius 3 is 2.80 bits per heavy atom. The first-order valence-electron chi connectivity index (χ1n) is 4.86. The fourth-order valence-corrected chi connectivity index (χ4v) is 1.03. The van der Waals surface area contributed by atoms with Crippen LogP contribution in [-0.4, -0.2) is 30.3 Å². The van der Waals surface area contributed by atoms with Crippen LogP contribution >= 0.6 is 0 Å². The third kappa shape index (κ3) is 3.71. The molecule has 0 saturated carbocycles. The van der Waals surface area contributed by atoms with Gasteiger partial charge in [0.2, 0.25) is 5.88 Å². The molecular formula is C10H16N2O3. The Kier molecular flexibility index (Phi) is 4.30. The number of aromatic nitrogens is 2. The summed E-state index contributed by atoms with van der Waals surface area (Å²) >= 11 is 0. The first kappa shape index (κ1) is 11.7. The topological polar surface area (TPSA) is 64.2 Å². The predicted octanol–water partition coefficient (Wildman–Crippen LogP) is 0.918. The van der Waals surface area contributed by atoms with Crippen molar-refractivity contribution >= 4 is 0 Å². The second-order valence-electron chi connectivity index (χ2n) is 3.46. The van der Waals surface area contributed by atoms with Crippen LogP contribution in [0.15, 0.2) is 10.9 Å². The Morgan fingerprint density at radius 1 is 1.47 bits per heavy atom. The Morgan fingerprint density at radius 2 is 2.20 bits per heavy atom. The van der Waals surface area contributed by atoms with E-state index in [0.29, 0.717) is 24.9 Å². The molecule has 0 radical (unpaired) electrons. The van der Waals surface area contributed by atoms with Crippen molar-refractivity contribution in [3.63, 3.8) is 0 Å². The quantitative estimate of drug-likeness (QED) is 0.737. The molecule has 1 rings (SSSR count). The van der Waals surface area contributed by atoms with Crippen LogP contribution in [0.2, 0.25) is 0 Å². The SMILES string of the molecule is COCCOc1cc(=O)[nH]c(C(C)C)n1. The lowest BCUT2D eigenvalue weighted by atomic mass is 10.2. The first-order chi connectivity index (χ1) is 7.13. The third-order valence-electron chi connectivity index (χ3n) is 1.82. The molecule has 1 N–H and O–H groups in total. The maximum absolute atomic E-state index is 11.2. The van der Waals surface area contributed by atoms with Crippen LogP contribution in [0.3, 0.4) is 0 Å². The highest BCUT2D eigenvalue weighted by atomic mass is 16.5. The fraction of sp³-hybridized carbons (Fsp3) is 0.600. The van der Waals surface area contributed by atoms with E-state index < -0.39 is 0 Å². The molecular weight excluding hydrogens is 196 g/mol. The van der Waals surface area contributed by atoms with E-state index in [1.54, 1.807) is 7.11 Å². The van der Waals surface area contributed by atoms with Crippen LogP contribution in [0.4, 0.5) is 0 Å². The van der Waals surface area contributed by atoms with E-state index in [-0.39, 0.29) is 11.5 Å². The van der Waals surface area contributed by atoms with Gasteiger partial charge in [0.1, 0.15) is 12.4 Å². The van der Waals surface area contributed by atoms with E-state index in [9.17, 15) is 4.79 Å². The van der Waals surface area contributed by atoms with Gasteiger partial charge >= 0.3 is 0 Å². The van der Waals surface area contributed by atoms with Gasteiger partial charge in [0.05, 0.1) is 12.7 Å². The van der Waals surface area contributed by atoms with E-state index in [1.165, 1.54) is 6.07 Å². The highest BCUT2D eigenvalue weighted by molar-refractivity contribution is 5.10. The van der Waals surface area contributed by atoms with Crippen molar-refractivity contribution in [2.75, 3.05) is 20.3 Å². The minimum absolute atomic E-state index is 0.170. The Bertz CT molecular complexity index is 360. The summed E-state index contributed by atoms with van der Waals surface area (Å²) in [5.74, 6) is 1.15. The Hall–Kier alpha value is -1.36. The van der Waals surface area contributed by atoms with Crippen LogP contribution in [0.5, 0.6) is 5.88 Å². The number of H-pyrrole nitrogens is 1. The molecule has 5 nitrogen and oxygen atoms in total. The van der Waals surface area contributed by atoms with Crippen molar-refractivity contribution in [3.05, 3.63) is 22.2 Å². The average molecular weight is 212 g/mol. The van der Waals surface area contributed by atoms with Crippen LogP contribution in [0.1, 0.15) is 25.6 Å². The molecule has 0 aliphatic heterocycles. The van der Waals surface area contributed by atoms with Crippen LogP contribution in [-0.2, 0) is 4.74 Å². The van der Waals surface area contributed by atoms with Crippen molar-refractivity contribution < 1.29 is 9.47 Å². The summed E-state index contributed by atoms with van der Waals surface area (Å²) in [4.78, 5) is 18.1. The molecule has 15 heavy (non-hydrogen) atoms. The average Bonchev–Trinajstić information content (AvgIpc) is 2.17. The summed E-state index contributed by atoms with van der Waals surface area (Å²) in [6, 6.07) is 1.33. The van der Waals surface area contributed by atoms with E-state index in [1.807, 2.05) is 13.8 Å². The molecule has 0 aliphatic carbocycles. The first-order valence-corrected chi connectivity index (χ1v) is 4.86. The van der Waals surface area contributed by atoms with Gasteiger partial charge in [-0.1, -0.05) is 13.8 Å². The molecule has 0 unspecified atom stereocenters. The highest BCUT2D eigenvalue weighted by Crippen LogP contribution is 2.10. The second-order valence-corrected chi connectivity index (χ2v) is 3.46. The van der Waals surface area contributed by atoms with Gasteiger partial charge in [-0.05, 0) is 0 Å². The summed E-state index contributed by atoms with van der Waals surface area (Å²) in [6.45, 7) is 4.78. The van der Waals surface area contributed by atoms with Gasteiger partial charge in [-0.25, -0.2) is 0 Å². The lowest BCUT2D eigenvalue weighted by molar-refractivity contribution is 0.143. The van der Waals surface area contributed by atoms with E-state index >= 15 is 0 Å². The zero-order valence-electron chi connectivity index (χ0n) is 9.24. The van der Waals surface area contributed by atoms with Crippen molar-refractivity contribution in [1.82, 2.24) is 9.97 Å². The molecule has 0 aromatic carbocycles. The summed E-state index contributed by atoms with van der Waals surface area (Å²) in [7, 11) is 1.59. The van der Waals surface area contributed by atoms with Crippen molar-refractivity contribution in [1.29, 1.82) is 0 Å². The van der Waals surface area contributed by atoms with Gasteiger partial charge in [0.15, 0.2) is 0 Å². The van der Waals surface area contributed by atoms with Gasteiger partial charge in [0.25, 0.3) is 5.56 Å². The molecule has 1 aromatic rings. The molecule has 84 valence electrons. The van der Waals surface area contributed by atoms with Crippen molar-refractivity contribution in [2.24, 2.45) is 0 Å². The fourth-order valence-electron chi connectivity index (χ4n) is 1.03. The normalized spacial score (nSPS) is 10.7. The van der Waals surface area contributed by atoms with Gasteiger partial charge in [-0.15, -0.1) is 0 Å². The van der Waals surface area contributed by atoms with Crippen molar-refractivity contribution in [2.45, 2.75) is 19.8 Å². The molecule has 1 heterocycles. The molecule has 0 saturated heterocycles. The lowest BCUT2D eigenvalue weighted by Crippen LogP contribution is -2.14. The summed E-state index contributed by atoms with van der Waals surface area (Å²) < 4.78 is 10.1. The van der Waals surface area contributed by atoms with Gasteiger partial charge in [-0.2, -0.15) is 4.98 Å². The largest absolute Gasteiger partial charge is 0.475 e. The molecule has 0 bridgehead atoms. The number of hydrogen-bond donors (Lipinski definition) is 1. The molecule has 0 amide bonds. The van der Waals surface area contributed by atoms with Gasteiger partial charge in [0, 0.05) is 13.0 Å². The molecule has 5 heteroatoms. The number of rotatable bonds is 5. The number of nitrogens with zero attached hydrogens (tertiary/aromatic N) is 1. The minimum atomic E-state index is -0.193. The van der Waals surface area contributed by atoms with Crippen molar-refractivity contribution in [3.8, 4) is 5.88 Å². The van der Waals surface area contributed by atoms with Crippen LogP contribution in [0.25, 0.3) is 0 Å². The maximum Gasteiger partial charge on any atom is 0.254 e.